The van der Waals surface area contributed by atoms with Gasteiger partial charge in [0.15, 0.2) is 0 Å². The van der Waals surface area contributed by atoms with Crippen molar-refractivity contribution in [3.8, 4) is 11.3 Å². The number of nitrogens with one attached hydrogen (secondary N) is 1. The molecule has 3 aromatic heterocycles. The van der Waals surface area contributed by atoms with Crippen molar-refractivity contribution in [3.05, 3.63) is 48.7 Å². The van der Waals surface area contributed by atoms with E-state index in [4.69, 9.17) is 0 Å². The molecule has 1 saturated heterocycles. The molecule has 23 heavy (non-hydrogen) atoms. The fourth-order valence-corrected chi connectivity index (χ4v) is 3.41. The minimum atomic E-state index is 0.725. The molecule has 0 amide bonds. The van der Waals surface area contributed by atoms with Crippen molar-refractivity contribution < 1.29 is 0 Å². The van der Waals surface area contributed by atoms with E-state index in [0.717, 1.165) is 42.5 Å². The van der Waals surface area contributed by atoms with Crippen LogP contribution < -0.4 is 5.32 Å². The van der Waals surface area contributed by atoms with Gasteiger partial charge in [0.2, 0.25) is 5.78 Å². The van der Waals surface area contributed by atoms with E-state index in [9.17, 15) is 0 Å². The molecular formula is C18H21N5. The van der Waals surface area contributed by atoms with Crippen molar-refractivity contribution in [2.75, 3.05) is 13.1 Å². The van der Waals surface area contributed by atoms with Crippen LogP contribution in [-0.4, -0.2) is 32.4 Å². The lowest BCUT2D eigenvalue weighted by Crippen LogP contribution is -2.14. The molecule has 0 bridgehead atoms. The summed E-state index contributed by atoms with van der Waals surface area (Å²) in [7, 11) is 0. The topological polar surface area (TPSA) is 55.1 Å². The van der Waals surface area contributed by atoms with E-state index in [1.807, 2.05) is 35.3 Å². The third-order valence-electron chi connectivity index (χ3n) is 4.60. The van der Waals surface area contributed by atoms with E-state index < -0.39 is 0 Å². The van der Waals surface area contributed by atoms with Gasteiger partial charge in [0, 0.05) is 30.4 Å². The SMILES string of the molecule is c1cnc2ncc(-c3cncc(C[C@H]4CCCNCC4)c3)n2c1. The third-order valence-corrected chi connectivity index (χ3v) is 4.60. The Morgan fingerprint density at radius 2 is 2.13 bits per heavy atom. The van der Waals surface area contributed by atoms with E-state index in [1.54, 1.807) is 6.20 Å². The van der Waals surface area contributed by atoms with Crippen LogP contribution in [-0.2, 0) is 6.42 Å². The van der Waals surface area contributed by atoms with Gasteiger partial charge in [-0.25, -0.2) is 9.97 Å². The van der Waals surface area contributed by atoms with Crippen molar-refractivity contribution in [2.45, 2.75) is 25.7 Å². The molecule has 5 heteroatoms. The van der Waals surface area contributed by atoms with Gasteiger partial charge >= 0.3 is 0 Å². The largest absolute Gasteiger partial charge is 0.317 e. The van der Waals surface area contributed by atoms with Crippen LogP contribution in [0.25, 0.3) is 17.0 Å². The lowest BCUT2D eigenvalue weighted by molar-refractivity contribution is 0.469. The number of hydrogen-bond acceptors (Lipinski definition) is 4. The van der Waals surface area contributed by atoms with Crippen LogP contribution in [0.5, 0.6) is 0 Å². The van der Waals surface area contributed by atoms with Crippen molar-refractivity contribution in [1.29, 1.82) is 0 Å². The van der Waals surface area contributed by atoms with E-state index in [0.29, 0.717) is 0 Å². The predicted octanol–water partition coefficient (Wildman–Crippen LogP) is 2.72. The van der Waals surface area contributed by atoms with E-state index >= 15 is 0 Å². The number of nitrogens with zero attached hydrogens (tertiary/aromatic N) is 4. The fourth-order valence-electron chi connectivity index (χ4n) is 3.41. The summed E-state index contributed by atoms with van der Waals surface area (Å²) in [5, 5.41) is 3.48. The van der Waals surface area contributed by atoms with Crippen LogP contribution in [0.4, 0.5) is 0 Å². The van der Waals surface area contributed by atoms with Gasteiger partial charge in [-0.3, -0.25) is 9.38 Å². The maximum absolute atomic E-state index is 4.46. The molecule has 0 aliphatic carbocycles. The molecule has 3 aromatic rings. The summed E-state index contributed by atoms with van der Waals surface area (Å²) in [6, 6.07) is 4.18. The Kier molecular flexibility index (Phi) is 4.03. The Hall–Kier alpha value is -2.27. The molecule has 0 radical (unpaired) electrons. The van der Waals surface area contributed by atoms with Gasteiger partial charge in [0.05, 0.1) is 11.9 Å². The molecular weight excluding hydrogens is 286 g/mol. The molecule has 118 valence electrons. The van der Waals surface area contributed by atoms with Crippen LogP contribution in [0.15, 0.2) is 43.1 Å². The van der Waals surface area contributed by atoms with Gasteiger partial charge in [0.1, 0.15) is 0 Å². The smallest absolute Gasteiger partial charge is 0.234 e. The van der Waals surface area contributed by atoms with Crippen LogP contribution in [0.1, 0.15) is 24.8 Å². The molecule has 1 atom stereocenters. The fraction of sp³-hybridized carbons (Fsp3) is 0.389. The first kappa shape index (κ1) is 14.3. The number of fused-ring (bicyclic) bond motifs is 1. The van der Waals surface area contributed by atoms with Gasteiger partial charge < -0.3 is 5.32 Å². The maximum atomic E-state index is 4.46. The van der Waals surface area contributed by atoms with E-state index in [-0.39, 0.29) is 0 Å². The average molecular weight is 307 g/mol. The number of aromatic nitrogens is 4. The highest BCUT2D eigenvalue weighted by molar-refractivity contribution is 5.61. The second-order valence-corrected chi connectivity index (χ2v) is 6.27. The lowest BCUT2D eigenvalue weighted by atomic mass is 9.93. The van der Waals surface area contributed by atoms with Gasteiger partial charge in [0.25, 0.3) is 0 Å². The molecule has 5 nitrogen and oxygen atoms in total. The third kappa shape index (κ3) is 3.10. The number of imidazole rings is 1. The highest BCUT2D eigenvalue weighted by Gasteiger charge is 2.14. The highest BCUT2D eigenvalue weighted by atomic mass is 15.1. The second-order valence-electron chi connectivity index (χ2n) is 6.27. The molecule has 1 aliphatic rings. The van der Waals surface area contributed by atoms with Crippen molar-refractivity contribution in [1.82, 2.24) is 24.7 Å². The Balaban J connectivity index is 1.61. The number of hydrogen-bond donors (Lipinski definition) is 1. The highest BCUT2D eigenvalue weighted by Crippen LogP contribution is 2.23. The van der Waals surface area contributed by atoms with Gasteiger partial charge in [-0.1, -0.05) is 0 Å². The van der Waals surface area contributed by atoms with Gasteiger partial charge in [-0.15, -0.1) is 0 Å². The Labute approximate surface area is 135 Å². The summed E-state index contributed by atoms with van der Waals surface area (Å²) in [5.41, 5.74) is 3.47. The molecule has 0 aromatic carbocycles. The van der Waals surface area contributed by atoms with Crippen LogP contribution in [0, 0.1) is 5.92 Å². The molecule has 4 rings (SSSR count). The molecule has 1 N–H and O–H groups in total. The monoisotopic (exact) mass is 307 g/mol. The predicted molar refractivity (Wildman–Crippen MR) is 90.1 cm³/mol. The summed E-state index contributed by atoms with van der Waals surface area (Å²) >= 11 is 0. The second kappa shape index (κ2) is 6.46. The Morgan fingerprint density at radius 3 is 3.13 bits per heavy atom. The zero-order chi connectivity index (χ0) is 15.5. The van der Waals surface area contributed by atoms with Crippen molar-refractivity contribution in [2.24, 2.45) is 5.92 Å². The summed E-state index contributed by atoms with van der Waals surface area (Å²) < 4.78 is 2.01. The number of rotatable bonds is 3. The molecule has 0 spiro atoms. The first-order valence-electron chi connectivity index (χ1n) is 8.33. The summed E-state index contributed by atoms with van der Waals surface area (Å²) in [4.78, 5) is 13.1. The molecule has 0 saturated carbocycles. The zero-order valence-electron chi connectivity index (χ0n) is 13.2. The molecule has 4 heterocycles. The molecule has 0 unspecified atom stereocenters. The van der Waals surface area contributed by atoms with Crippen LogP contribution in [0.2, 0.25) is 0 Å². The average Bonchev–Trinajstić information content (AvgIpc) is 2.85. The van der Waals surface area contributed by atoms with Gasteiger partial charge in [-0.2, -0.15) is 0 Å². The summed E-state index contributed by atoms with van der Waals surface area (Å²) in [6.07, 6.45) is 14.5. The summed E-state index contributed by atoms with van der Waals surface area (Å²) in [5.74, 6) is 1.48. The molecule has 1 fully saturated rings. The van der Waals surface area contributed by atoms with Crippen LogP contribution >= 0.6 is 0 Å². The van der Waals surface area contributed by atoms with Gasteiger partial charge in [-0.05, 0) is 62.4 Å². The zero-order valence-corrected chi connectivity index (χ0v) is 13.2. The Morgan fingerprint density at radius 1 is 1.13 bits per heavy atom. The first-order chi connectivity index (χ1) is 11.4. The number of pyridine rings is 1. The molecule has 1 aliphatic heterocycles. The standard InChI is InChI=1S/C18H21N5/c1-3-14(4-7-19-5-1)9-15-10-16(12-20-11-15)17-13-22-18-21-6-2-8-23(17)18/h2,6,8,10-14,19H,1,3-5,7,9H2/t14-/m0/s1. The Bertz CT molecular complexity index is 787. The van der Waals surface area contributed by atoms with Crippen LogP contribution in [0.3, 0.4) is 0 Å². The minimum Gasteiger partial charge on any atom is -0.317 e. The maximum Gasteiger partial charge on any atom is 0.234 e. The van der Waals surface area contributed by atoms with E-state index in [2.05, 4.69) is 26.3 Å². The summed E-state index contributed by atoms with van der Waals surface area (Å²) in [6.45, 7) is 2.29. The lowest BCUT2D eigenvalue weighted by Gasteiger charge is -2.13. The van der Waals surface area contributed by atoms with Crippen molar-refractivity contribution >= 4 is 5.78 Å². The normalized spacial score (nSPS) is 18.9. The van der Waals surface area contributed by atoms with E-state index in [1.165, 1.54) is 24.8 Å². The van der Waals surface area contributed by atoms with Crippen molar-refractivity contribution in [3.63, 3.8) is 0 Å². The first-order valence-corrected chi connectivity index (χ1v) is 8.33. The minimum absolute atomic E-state index is 0.725. The quantitative estimate of drug-likeness (QED) is 0.808.